The van der Waals surface area contributed by atoms with Crippen molar-refractivity contribution in [1.82, 2.24) is 15.1 Å². The predicted octanol–water partition coefficient (Wildman–Crippen LogP) is 2.36. The zero-order chi connectivity index (χ0) is 15.8. The Kier molecular flexibility index (Phi) is 4.49. The third kappa shape index (κ3) is 3.50. The van der Waals surface area contributed by atoms with Crippen LogP contribution < -0.4 is 5.32 Å². The second kappa shape index (κ2) is 5.85. The molecule has 2 aliphatic rings. The van der Waals surface area contributed by atoms with Crippen LogP contribution in [0.1, 0.15) is 60.3 Å². The minimum atomic E-state index is -0.178. The van der Waals surface area contributed by atoms with Crippen molar-refractivity contribution in [2.45, 2.75) is 84.0 Å². The number of hydrogen-bond donors (Lipinski definition) is 1. The van der Waals surface area contributed by atoms with Gasteiger partial charge in [0.15, 0.2) is 0 Å². The number of nitrogens with zero attached hydrogens (tertiary/aromatic N) is 2. The Morgan fingerprint density at radius 2 is 1.76 bits per heavy atom. The van der Waals surface area contributed by atoms with Gasteiger partial charge in [-0.25, -0.2) is 4.79 Å². The van der Waals surface area contributed by atoms with E-state index in [1.807, 2.05) is 30.6 Å². The molecule has 0 bridgehead atoms. The van der Waals surface area contributed by atoms with Crippen LogP contribution >= 0.6 is 0 Å². The van der Waals surface area contributed by atoms with Gasteiger partial charge < -0.3 is 15.1 Å². The summed E-state index contributed by atoms with van der Waals surface area (Å²) in [6.07, 6.45) is 3.73. The molecule has 2 aliphatic heterocycles. The molecule has 120 valence electrons. The lowest BCUT2D eigenvalue weighted by Crippen LogP contribution is -2.54. The van der Waals surface area contributed by atoms with Crippen molar-refractivity contribution >= 4 is 11.9 Å². The predicted molar refractivity (Wildman–Crippen MR) is 83.0 cm³/mol. The maximum Gasteiger partial charge on any atom is 0.318 e. The minimum Gasteiger partial charge on any atom is -0.336 e. The highest BCUT2D eigenvalue weighted by molar-refractivity contribution is 5.82. The fraction of sp³-hybridized carbons (Fsp3) is 0.875. The summed E-state index contributed by atoms with van der Waals surface area (Å²) in [5, 5.41) is 3.07. The van der Waals surface area contributed by atoms with Gasteiger partial charge >= 0.3 is 6.03 Å². The maximum absolute atomic E-state index is 12.5. The summed E-state index contributed by atoms with van der Waals surface area (Å²) in [4.78, 5) is 28.4. The van der Waals surface area contributed by atoms with E-state index >= 15 is 0 Å². The van der Waals surface area contributed by atoms with Crippen LogP contribution in [0.4, 0.5) is 4.79 Å². The van der Waals surface area contributed by atoms with Crippen molar-refractivity contribution in [3.8, 4) is 0 Å². The van der Waals surface area contributed by atoms with Crippen molar-refractivity contribution in [3.63, 3.8) is 0 Å². The molecule has 0 radical (unpaired) electrons. The van der Waals surface area contributed by atoms with Gasteiger partial charge in [-0.2, -0.15) is 0 Å². The van der Waals surface area contributed by atoms with Gasteiger partial charge in [0.2, 0.25) is 5.91 Å². The number of rotatable bonds is 1. The van der Waals surface area contributed by atoms with Gasteiger partial charge in [0.1, 0.15) is 0 Å². The zero-order valence-electron chi connectivity index (χ0n) is 14.0. The fourth-order valence-corrected chi connectivity index (χ4v) is 3.52. The SMILES string of the molecule is CC1CCCC(C)N1C(=O)NC1CC(=O)N(C(C)(C)C)C1. The average Bonchev–Trinajstić information content (AvgIpc) is 2.69. The molecule has 2 rings (SSSR count). The number of piperidine rings is 1. The number of urea groups is 1. The summed E-state index contributed by atoms with van der Waals surface area (Å²) in [5.74, 6) is 0.132. The highest BCUT2D eigenvalue weighted by atomic mass is 16.2. The number of hydrogen-bond acceptors (Lipinski definition) is 2. The summed E-state index contributed by atoms with van der Waals surface area (Å²) in [5.41, 5.74) is -0.178. The molecule has 0 aromatic rings. The molecule has 5 heteroatoms. The summed E-state index contributed by atoms with van der Waals surface area (Å²) in [6, 6.07) is 0.489. The van der Waals surface area contributed by atoms with E-state index in [2.05, 4.69) is 19.2 Å². The lowest BCUT2D eigenvalue weighted by molar-refractivity contribution is -0.131. The van der Waals surface area contributed by atoms with E-state index in [-0.39, 0.29) is 35.6 Å². The van der Waals surface area contributed by atoms with Crippen LogP contribution in [0.2, 0.25) is 0 Å². The lowest BCUT2D eigenvalue weighted by Gasteiger charge is -2.39. The Morgan fingerprint density at radius 1 is 1.19 bits per heavy atom. The van der Waals surface area contributed by atoms with Gasteiger partial charge in [-0.1, -0.05) is 0 Å². The second-order valence-electron chi connectivity index (χ2n) is 7.56. The Morgan fingerprint density at radius 3 is 2.24 bits per heavy atom. The molecule has 2 fully saturated rings. The van der Waals surface area contributed by atoms with Crippen molar-refractivity contribution in [3.05, 3.63) is 0 Å². The summed E-state index contributed by atoms with van der Waals surface area (Å²) in [7, 11) is 0. The van der Waals surface area contributed by atoms with Crippen LogP contribution in [0.15, 0.2) is 0 Å². The largest absolute Gasteiger partial charge is 0.336 e. The Labute approximate surface area is 128 Å². The van der Waals surface area contributed by atoms with Gasteiger partial charge in [-0.15, -0.1) is 0 Å². The summed E-state index contributed by atoms with van der Waals surface area (Å²) < 4.78 is 0. The summed E-state index contributed by atoms with van der Waals surface area (Å²) in [6.45, 7) is 10.9. The standard InChI is InChI=1S/C16H29N3O2/c1-11-7-6-8-12(2)19(11)15(21)17-13-9-14(20)18(10-13)16(3,4)5/h11-13H,6-10H2,1-5H3,(H,17,21). The van der Waals surface area contributed by atoms with Crippen LogP contribution in [-0.4, -0.2) is 51.9 Å². The molecule has 0 spiro atoms. The minimum absolute atomic E-state index is 0.0109. The molecule has 3 atom stereocenters. The highest BCUT2D eigenvalue weighted by Gasteiger charge is 2.38. The first-order chi connectivity index (χ1) is 9.70. The van der Waals surface area contributed by atoms with E-state index in [1.165, 1.54) is 6.42 Å². The third-order valence-corrected chi connectivity index (χ3v) is 4.69. The Hall–Kier alpha value is -1.26. The van der Waals surface area contributed by atoms with Gasteiger partial charge in [-0.3, -0.25) is 4.79 Å². The molecule has 2 heterocycles. The molecule has 5 nitrogen and oxygen atoms in total. The summed E-state index contributed by atoms with van der Waals surface area (Å²) >= 11 is 0. The highest BCUT2D eigenvalue weighted by Crippen LogP contribution is 2.24. The number of carbonyl (C=O) groups is 2. The molecule has 21 heavy (non-hydrogen) atoms. The smallest absolute Gasteiger partial charge is 0.318 e. The van der Waals surface area contributed by atoms with Crippen LogP contribution in [-0.2, 0) is 4.79 Å². The van der Waals surface area contributed by atoms with Crippen LogP contribution in [0.5, 0.6) is 0 Å². The normalized spacial score (nSPS) is 30.7. The van der Waals surface area contributed by atoms with Crippen molar-refractivity contribution in [1.29, 1.82) is 0 Å². The van der Waals surface area contributed by atoms with Crippen molar-refractivity contribution < 1.29 is 9.59 Å². The van der Waals surface area contributed by atoms with Crippen LogP contribution in [0.3, 0.4) is 0 Å². The van der Waals surface area contributed by atoms with Crippen molar-refractivity contribution in [2.24, 2.45) is 0 Å². The van der Waals surface area contributed by atoms with E-state index in [0.29, 0.717) is 13.0 Å². The fourth-order valence-electron chi connectivity index (χ4n) is 3.52. The molecule has 1 N–H and O–H groups in total. The average molecular weight is 295 g/mol. The topological polar surface area (TPSA) is 52.7 Å². The van der Waals surface area contributed by atoms with E-state index in [4.69, 9.17) is 0 Å². The number of nitrogens with one attached hydrogen (secondary N) is 1. The van der Waals surface area contributed by atoms with Gasteiger partial charge in [0, 0.05) is 30.6 Å². The molecular weight excluding hydrogens is 266 g/mol. The molecule has 3 amide bonds. The van der Waals surface area contributed by atoms with Crippen molar-refractivity contribution in [2.75, 3.05) is 6.54 Å². The molecule has 0 aliphatic carbocycles. The van der Waals surface area contributed by atoms with Gasteiger partial charge in [0.25, 0.3) is 0 Å². The first-order valence-electron chi connectivity index (χ1n) is 8.09. The molecular formula is C16H29N3O2. The number of amides is 3. The Bertz CT molecular complexity index is 406. The lowest BCUT2D eigenvalue weighted by atomic mass is 9.98. The van der Waals surface area contributed by atoms with E-state index in [9.17, 15) is 9.59 Å². The first-order valence-corrected chi connectivity index (χ1v) is 8.09. The third-order valence-electron chi connectivity index (χ3n) is 4.69. The molecule has 0 aromatic heterocycles. The molecule has 3 unspecified atom stereocenters. The molecule has 0 aromatic carbocycles. The molecule has 0 saturated carbocycles. The quantitative estimate of drug-likeness (QED) is 0.807. The zero-order valence-corrected chi connectivity index (χ0v) is 14.0. The van der Waals surface area contributed by atoms with Crippen LogP contribution in [0, 0.1) is 0 Å². The Balaban J connectivity index is 1.96. The number of likely N-dealkylation sites (tertiary alicyclic amines) is 2. The molecule has 2 saturated heterocycles. The van der Waals surface area contributed by atoms with E-state index < -0.39 is 0 Å². The van der Waals surface area contributed by atoms with E-state index in [1.54, 1.807) is 0 Å². The first kappa shape index (κ1) is 16.1. The van der Waals surface area contributed by atoms with E-state index in [0.717, 1.165) is 12.8 Å². The number of carbonyl (C=O) groups excluding carboxylic acids is 2. The van der Waals surface area contributed by atoms with Gasteiger partial charge in [0.05, 0.1) is 6.04 Å². The van der Waals surface area contributed by atoms with Crippen LogP contribution in [0.25, 0.3) is 0 Å². The monoisotopic (exact) mass is 295 g/mol. The second-order valence-corrected chi connectivity index (χ2v) is 7.56. The maximum atomic E-state index is 12.5. The van der Waals surface area contributed by atoms with Gasteiger partial charge in [-0.05, 0) is 53.9 Å².